The van der Waals surface area contributed by atoms with Gasteiger partial charge in [-0.05, 0) is 45.2 Å². The first-order valence-electron chi connectivity index (χ1n) is 7.80. The molecule has 0 aliphatic carbocycles. The van der Waals surface area contributed by atoms with Gasteiger partial charge in [-0.3, -0.25) is 10.1 Å². The number of nitrogens with zero attached hydrogens (tertiary/aromatic N) is 1. The van der Waals surface area contributed by atoms with E-state index in [0.29, 0.717) is 12.1 Å². The van der Waals surface area contributed by atoms with Crippen LogP contribution in [0, 0.1) is 10.1 Å². The van der Waals surface area contributed by atoms with E-state index in [0.717, 1.165) is 18.5 Å². The number of nitro benzene ring substituents is 1. The summed E-state index contributed by atoms with van der Waals surface area (Å²) in [4.78, 5) is 10.5. The summed E-state index contributed by atoms with van der Waals surface area (Å²) in [5.74, 6) is 0. The Bertz CT molecular complexity index is 472. The van der Waals surface area contributed by atoms with Crippen molar-refractivity contribution in [1.82, 2.24) is 10.6 Å². The Morgan fingerprint density at radius 3 is 2.90 bits per heavy atom. The van der Waals surface area contributed by atoms with Gasteiger partial charge in [-0.1, -0.05) is 18.6 Å². The standard InChI is InChI=1S/C16H25N3O2/c1-12(10-15-7-3-4-9-17-15)18-13(2)14-6-5-8-16(11-14)19(20)21/h5-6,8,11-13,15,17-18H,3-4,7,9-10H2,1-2H3. The van der Waals surface area contributed by atoms with Gasteiger partial charge in [-0.25, -0.2) is 0 Å². The van der Waals surface area contributed by atoms with Crippen LogP contribution in [0.5, 0.6) is 0 Å². The second-order valence-electron chi connectivity index (χ2n) is 6.02. The topological polar surface area (TPSA) is 67.2 Å². The van der Waals surface area contributed by atoms with Crippen molar-refractivity contribution in [3.05, 3.63) is 39.9 Å². The van der Waals surface area contributed by atoms with Gasteiger partial charge in [0.2, 0.25) is 0 Å². The van der Waals surface area contributed by atoms with Crippen LogP contribution >= 0.6 is 0 Å². The molecule has 3 unspecified atom stereocenters. The summed E-state index contributed by atoms with van der Waals surface area (Å²) in [7, 11) is 0. The zero-order valence-electron chi connectivity index (χ0n) is 12.8. The van der Waals surface area contributed by atoms with Crippen molar-refractivity contribution in [3.8, 4) is 0 Å². The maximum Gasteiger partial charge on any atom is 0.269 e. The molecule has 0 spiro atoms. The minimum atomic E-state index is -0.342. The van der Waals surface area contributed by atoms with E-state index in [1.165, 1.54) is 25.3 Å². The Hall–Kier alpha value is -1.46. The first-order chi connectivity index (χ1) is 10.1. The number of rotatable bonds is 6. The molecule has 0 aromatic heterocycles. The highest BCUT2D eigenvalue weighted by Gasteiger charge is 2.18. The molecule has 0 radical (unpaired) electrons. The molecule has 1 aliphatic rings. The second-order valence-corrected chi connectivity index (χ2v) is 6.02. The van der Waals surface area contributed by atoms with Crippen molar-refractivity contribution in [3.63, 3.8) is 0 Å². The maximum absolute atomic E-state index is 10.8. The lowest BCUT2D eigenvalue weighted by Crippen LogP contribution is -2.40. The molecule has 2 N–H and O–H groups in total. The molecule has 1 aliphatic heterocycles. The Morgan fingerprint density at radius 2 is 2.24 bits per heavy atom. The van der Waals surface area contributed by atoms with E-state index < -0.39 is 0 Å². The zero-order valence-corrected chi connectivity index (χ0v) is 12.8. The van der Waals surface area contributed by atoms with Crippen molar-refractivity contribution in [1.29, 1.82) is 0 Å². The van der Waals surface area contributed by atoms with E-state index in [1.807, 2.05) is 6.07 Å². The fourth-order valence-corrected chi connectivity index (χ4v) is 3.05. The first-order valence-corrected chi connectivity index (χ1v) is 7.80. The minimum absolute atomic E-state index is 0.114. The molecule has 1 heterocycles. The van der Waals surface area contributed by atoms with Crippen LogP contribution in [0.4, 0.5) is 5.69 Å². The minimum Gasteiger partial charge on any atom is -0.314 e. The molecule has 0 bridgehead atoms. The number of hydrogen-bond donors (Lipinski definition) is 2. The quantitative estimate of drug-likeness (QED) is 0.624. The van der Waals surface area contributed by atoms with Gasteiger partial charge >= 0.3 is 0 Å². The van der Waals surface area contributed by atoms with Crippen LogP contribution in [0.15, 0.2) is 24.3 Å². The zero-order chi connectivity index (χ0) is 15.2. The van der Waals surface area contributed by atoms with Crippen LogP contribution in [0.1, 0.15) is 51.1 Å². The van der Waals surface area contributed by atoms with Crippen molar-refractivity contribution in [2.75, 3.05) is 6.54 Å². The summed E-state index contributed by atoms with van der Waals surface area (Å²) in [6.45, 7) is 5.37. The Balaban J connectivity index is 1.89. The fourth-order valence-electron chi connectivity index (χ4n) is 3.05. The average Bonchev–Trinajstić information content (AvgIpc) is 2.48. The van der Waals surface area contributed by atoms with Crippen LogP contribution in [0.2, 0.25) is 0 Å². The van der Waals surface area contributed by atoms with Gasteiger partial charge in [-0.2, -0.15) is 0 Å². The van der Waals surface area contributed by atoms with Gasteiger partial charge < -0.3 is 10.6 Å². The summed E-state index contributed by atoms with van der Waals surface area (Å²) >= 11 is 0. The van der Waals surface area contributed by atoms with Gasteiger partial charge in [0.15, 0.2) is 0 Å². The van der Waals surface area contributed by atoms with Crippen molar-refractivity contribution in [2.24, 2.45) is 0 Å². The molecule has 1 saturated heterocycles. The van der Waals surface area contributed by atoms with Crippen LogP contribution < -0.4 is 10.6 Å². The van der Waals surface area contributed by atoms with E-state index >= 15 is 0 Å². The number of benzene rings is 1. The lowest BCUT2D eigenvalue weighted by Gasteiger charge is -2.28. The SMILES string of the molecule is CC(CC1CCCCN1)NC(C)c1cccc([N+](=O)[O-])c1. The van der Waals surface area contributed by atoms with E-state index in [-0.39, 0.29) is 16.7 Å². The first kappa shape index (κ1) is 15.9. The largest absolute Gasteiger partial charge is 0.314 e. The highest BCUT2D eigenvalue weighted by atomic mass is 16.6. The van der Waals surface area contributed by atoms with Gasteiger partial charge in [0.25, 0.3) is 5.69 Å². The van der Waals surface area contributed by atoms with Crippen molar-refractivity contribution >= 4 is 5.69 Å². The van der Waals surface area contributed by atoms with Crippen LogP contribution in [0.25, 0.3) is 0 Å². The van der Waals surface area contributed by atoms with Crippen molar-refractivity contribution in [2.45, 2.75) is 57.7 Å². The van der Waals surface area contributed by atoms with Gasteiger partial charge in [0, 0.05) is 30.3 Å². The lowest BCUT2D eigenvalue weighted by atomic mass is 9.98. The van der Waals surface area contributed by atoms with Gasteiger partial charge in [0.05, 0.1) is 4.92 Å². The predicted octanol–water partition coefficient (Wildman–Crippen LogP) is 3.17. The number of nitrogens with one attached hydrogen (secondary N) is 2. The third kappa shape index (κ3) is 4.79. The average molecular weight is 291 g/mol. The molecule has 1 fully saturated rings. The monoisotopic (exact) mass is 291 g/mol. The van der Waals surface area contributed by atoms with E-state index in [1.54, 1.807) is 12.1 Å². The van der Waals surface area contributed by atoms with Crippen LogP contribution in [0.3, 0.4) is 0 Å². The van der Waals surface area contributed by atoms with Crippen molar-refractivity contribution < 1.29 is 4.92 Å². The van der Waals surface area contributed by atoms with Gasteiger partial charge in [-0.15, -0.1) is 0 Å². The smallest absolute Gasteiger partial charge is 0.269 e. The Labute approximate surface area is 126 Å². The van der Waals surface area contributed by atoms with E-state index in [2.05, 4.69) is 24.5 Å². The predicted molar refractivity (Wildman–Crippen MR) is 84.4 cm³/mol. The molecule has 2 rings (SSSR count). The molecule has 0 saturated carbocycles. The highest BCUT2D eigenvalue weighted by molar-refractivity contribution is 5.35. The molecule has 21 heavy (non-hydrogen) atoms. The van der Waals surface area contributed by atoms with Crippen LogP contribution in [-0.2, 0) is 0 Å². The van der Waals surface area contributed by atoms with E-state index in [9.17, 15) is 10.1 Å². The third-order valence-corrected chi connectivity index (χ3v) is 4.17. The molecule has 1 aromatic rings. The number of non-ortho nitro benzene ring substituents is 1. The molecule has 5 heteroatoms. The van der Waals surface area contributed by atoms with Gasteiger partial charge in [0.1, 0.15) is 0 Å². The number of piperidine rings is 1. The highest BCUT2D eigenvalue weighted by Crippen LogP contribution is 2.20. The van der Waals surface area contributed by atoms with Crippen LogP contribution in [-0.4, -0.2) is 23.6 Å². The summed E-state index contributed by atoms with van der Waals surface area (Å²) < 4.78 is 0. The lowest BCUT2D eigenvalue weighted by molar-refractivity contribution is -0.384. The molecule has 3 atom stereocenters. The normalized spacial score (nSPS) is 21.7. The summed E-state index contributed by atoms with van der Waals surface area (Å²) in [5.41, 5.74) is 1.12. The molecule has 5 nitrogen and oxygen atoms in total. The number of hydrogen-bond acceptors (Lipinski definition) is 4. The molecular weight excluding hydrogens is 266 g/mol. The third-order valence-electron chi connectivity index (χ3n) is 4.17. The summed E-state index contributed by atoms with van der Waals surface area (Å²) in [6, 6.07) is 7.97. The Kier molecular flexibility index (Phi) is 5.70. The Morgan fingerprint density at radius 1 is 1.43 bits per heavy atom. The molecular formula is C16H25N3O2. The summed E-state index contributed by atoms with van der Waals surface area (Å²) in [6.07, 6.45) is 4.93. The van der Waals surface area contributed by atoms with E-state index in [4.69, 9.17) is 0 Å². The second kappa shape index (κ2) is 7.52. The molecule has 0 amide bonds. The fraction of sp³-hybridized carbons (Fsp3) is 0.625. The maximum atomic E-state index is 10.8. The summed E-state index contributed by atoms with van der Waals surface area (Å²) in [5, 5.41) is 17.9. The molecule has 116 valence electrons. The number of nitro groups is 1. The molecule has 1 aromatic carbocycles.